The van der Waals surface area contributed by atoms with E-state index in [1.165, 1.54) is 6.07 Å². The Balaban J connectivity index is 2.05. The molecule has 0 atom stereocenters. The second kappa shape index (κ2) is 7.19. The number of halogens is 3. The van der Waals surface area contributed by atoms with Gasteiger partial charge in [-0.15, -0.1) is 11.6 Å². The molecule has 0 aromatic heterocycles. The number of hydrogen-bond acceptors (Lipinski definition) is 1. The monoisotopic (exact) mass is 308 g/mol. The summed E-state index contributed by atoms with van der Waals surface area (Å²) >= 11 is 11.3. The third-order valence-corrected chi connectivity index (χ3v) is 2.89. The topological polar surface area (TPSA) is 9.23 Å². The Morgan fingerprint density at radius 2 is 2.00 bits per heavy atom. The van der Waals surface area contributed by atoms with Crippen molar-refractivity contribution < 1.29 is 9.13 Å². The number of ether oxygens (including phenoxy) is 1. The van der Waals surface area contributed by atoms with Crippen LogP contribution in [0.15, 0.2) is 42.5 Å². The normalized spacial score (nSPS) is 9.75. The molecule has 0 aliphatic carbocycles. The minimum atomic E-state index is -0.425. The molecular formula is C16H11Cl2FO. The van der Waals surface area contributed by atoms with Crippen molar-refractivity contribution in [1.29, 1.82) is 0 Å². The maximum Gasteiger partial charge on any atom is 0.142 e. The number of alkyl halides is 1. The lowest BCUT2D eigenvalue weighted by molar-refractivity contribution is 0.304. The summed E-state index contributed by atoms with van der Waals surface area (Å²) in [6.45, 7) is 0.326. The van der Waals surface area contributed by atoms with Gasteiger partial charge in [-0.05, 0) is 29.8 Å². The van der Waals surface area contributed by atoms with Crippen molar-refractivity contribution in [3.8, 4) is 17.6 Å². The van der Waals surface area contributed by atoms with Crippen LogP contribution in [0.25, 0.3) is 0 Å². The van der Waals surface area contributed by atoms with Crippen molar-refractivity contribution >= 4 is 23.2 Å². The van der Waals surface area contributed by atoms with Crippen LogP contribution in [0.1, 0.15) is 11.1 Å². The van der Waals surface area contributed by atoms with Gasteiger partial charge in [0.25, 0.3) is 0 Å². The first-order valence-electron chi connectivity index (χ1n) is 5.90. The van der Waals surface area contributed by atoms with Crippen molar-refractivity contribution in [2.24, 2.45) is 0 Å². The van der Waals surface area contributed by atoms with Crippen LogP contribution in [0.5, 0.6) is 5.75 Å². The summed E-state index contributed by atoms with van der Waals surface area (Å²) in [6.07, 6.45) is 0. The fourth-order valence-corrected chi connectivity index (χ4v) is 1.89. The van der Waals surface area contributed by atoms with Crippen LogP contribution in [0.3, 0.4) is 0 Å². The van der Waals surface area contributed by atoms with Gasteiger partial charge in [0.05, 0.1) is 11.4 Å². The average molecular weight is 309 g/mol. The van der Waals surface area contributed by atoms with Crippen molar-refractivity contribution in [1.82, 2.24) is 0 Å². The van der Waals surface area contributed by atoms with Crippen molar-refractivity contribution in [3.63, 3.8) is 0 Å². The Morgan fingerprint density at radius 3 is 2.70 bits per heavy atom. The van der Waals surface area contributed by atoms with E-state index in [1.54, 1.807) is 24.3 Å². The van der Waals surface area contributed by atoms with Gasteiger partial charge in [-0.3, -0.25) is 0 Å². The highest BCUT2D eigenvalue weighted by Gasteiger charge is 2.03. The predicted octanol–water partition coefficient (Wildman–Crippen LogP) is 4.65. The van der Waals surface area contributed by atoms with Crippen molar-refractivity contribution in [2.75, 3.05) is 5.88 Å². The second-order valence-electron chi connectivity index (χ2n) is 4.00. The van der Waals surface area contributed by atoms with Crippen LogP contribution in [0.4, 0.5) is 4.39 Å². The summed E-state index contributed by atoms with van der Waals surface area (Å²) < 4.78 is 19.2. The minimum Gasteiger partial charge on any atom is -0.489 e. The molecule has 2 aromatic rings. The maximum absolute atomic E-state index is 13.7. The average Bonchev–Trinajstić information content (AvgIpc) is 2.44. The quantitative estimate of drug-likeness (QED) is 0.592. The van der Waals surface area contributed by atoms with E-state index in [-0.39, 0.29) is 5.88 Å². The molecule has 0 saturated heterocycles. The zero-order valence-corrected chi connectivity index (χ0v) is 12.0. The Bertz CT molecular complexity index is 659. The van der Waals surface area contributed by atoms with Crippen LogP contribution in [0.2, 0.25) is 5.02 Å². The standard InChI is InChI=1S/C16H11Cl2FO/c17-8-2-4-13-6-7-15(10-16(13)19)20-11-12-3-1-5-14(18)9-12/h1,3,5-7,9-10H,8,11H2. The molecule has 20 heavy (non-hydrogen) atoms. The number of rotatable bonds is 3. The largest absolute Gasteiger partial charge is 0.489 e. The first kappa shape index (κ1) is 14.7. The van der Waals surface area contributed by atoms with E-state index in [0.29, 0.717) is 22.9 Å². The van der Waals surface area contributed by atoms with Gasteiger partial charge >= 0.3 is 0 Å². The molecule has 0 unspecified atom stereocenters. The zero-order chi connectivity index (χ0) is 14.4. The molecule has 0 aliphatic heterocycles. The molecule has 0 heterocycles. The molecule has 1 nitrogen and oxygen atoms in total. The summed E-state index contributed by atoms with van der Waals surface area (Å²) in [7, 11) is 0. The zero-order valence-electron chi connectivity index (χ0n) is 10.5. The fourth-order valence-electron chi connectivity index (χ4n) is 1.61. The van der Waals surface area contributed by atoms with Gasteiger partial charge in [0.15, 0.2) is 0 Å². The van der Waals surface area contributed by atoms with E-state index in [1.807, 2.05) is 12.1 Å². The lowest BCUT2D eigenvalue weighted by Crippen LogP contribution is -1.96. The molecular weight excluding hydrogens is 298 g/mol. The predicted molar refractivity (Wildman–Crippen MR) is 79.8 cm³/mol. The number of benzene rings is 2. The third-order valence-electron chi connectivity index (χ3n) is 2.52. The van der Waals surface area contributed by atoms with Crippen molar-refractivity contribution in [3.05, 3.63) is 64.4 Å². The van der Waals surface area contributed by atoms with Crippen LogP contribution in [0, 0.1) is 17.7 Å². The summed E-state index contributed by atoms with van der Waals surface area (Å²) in [5, 5.41) is 0.643. The van der Waals surface area contributed by atoms with E-state index < -0.39 is 5.82 Å². The van der Waals surface area contributed by atoms with Crippen molar-refractivity contribution in [2.45, 2.75) is 6.61 Å². The highest BCUT2D eigenvalue weighted by Crippen LogP contribution is 2.18. The molecule has 4 heteroatoms. The van der Waals surface area contributed by atoms with Gasteiger partial charge in [-0.1, -0.05) is 35.6 Å². The first-order valence-corrected chi connectivity index (χ1v) is 6.82. The van der Waals surface area contributed by atoms with E-state index in [4.69, 9.17) is 27.9 Å². The summed E-state index contributed by atoms with van der Waals surface area (Å²) in [5.41, 5.74) is 1.23. The molecule has 102 valence electrons. The summed E-state index contributed by atoms with van der Waals surface area (Å²) in [6, 6.07) is 11.9. The first-order chi connectivity index (χ1) is 9.69. The Morgan fingerprint density at radius 1 is 1.15 bits per heavy atom. The molecule has 0 bridgehead atoms. The van der Waals surface area contributed by atoms with Gasteiger partial charge in [0.1, 0.15) is 18.2 Å². The van der Waals surface area contributed by atoms with Crippen LogP contribution < -0.4 is 4.74 Å². The van der Waals surface area contributed by atoms with Gasteiger partial charge in [0, 0.05) is 11.1 Å². The van der Waals surface area contributed by atoms with Crippen LogP contribution in [-0.2, 0) is 6.61 Å². The highest BCUT2D eigenvalue weighted by atomic mass is 35.5. The maximum atomic E-state index is 13.7. The van der Waals surface area contributed by atoms with Crippen LogP contribution >= 0.6 is 23.2 Å². The molecule has 2 rings (SSSR count). The summed E-state index contributed by atoms with van der Waals surface area (Å²) in [5.74, 6) is 5.44. The molecule has 0 amide bonds. The Labute approximate surface area is 127 Å². The molecule has 0 spiro atoms. The molecule has 0 N–H and O–H groups in total. The summed E-state index contributed by atoms with van der Waals surface area (Å²) in [4.78, 5) is 0. The second-order valence-corrected chi connectivity index (χ2v) is 4.70. The molecule has 0 fully saturated rings. The third kappa shape index (κ3) is 4.16. The van der Waals surface area contributed by atoms with E-state index in [9.17, 15) is 4.39 Å². The lowest BCUT2D eigenvalue weighted by atomic mass is 10.2. The van der Waals surface area contributed by atoms with Gasteiger partial charge in [0.2, 0.25) is 0 Å². The van der Waals surface area contributed by atoms with E-state index in [2.05, 4.69) is 11.8 Å². The van der Waals surface area contributed by atoms with Gasteiger partial charge in [-0.25, -0.2) is 4.39 Å². The minimum absolute atomic E-state index is 0.173. The fraction of sp³-hybridized carbons (Fsp3) is 0.125. The van der Waals surface area contributed by atoms with Gasteiger partial charge < -0.3 is 4.74 Å². The smallest absolute Gasteiger partial charge is 0.142 e. The Kier molecular flexibility index (Phi) is 5.29. The van der Waals surface area contributed by atoms with Gasteiger partial charge in [-0.2, -0.15) is 0 Å². The number of hydrogen-bond donors (Lipinski definition) is 0. The highest BCUT2D eigenvalue weighted by molar-refractivity contribution is 6.30. The SMILES string of the molecule is Fc1cc(OCc2cccc(Cl)c2)ccc1C#CCCl. The lowest BCUT2D eigenvalue weighted by Gasteiger charge is -2.07. The van der Waals surface area contributed by atoms with E-state index >= 15 is 0 Å². The molecule has 0 aliphatic rings. The molecule has 0 radical (unpaired) electrons. The van der Waals surface area contributed by atoms with Crippen LogP contribution in [-0.4, -0.2) is 5.88 Å². The molecule has 0 saturated carbocycles. The molecule has 2 aromatic carbocycles. The van der Waals surface area contributed by atoms with E-state index in [0.717, 1.165) is 5.56 Å². The Hall–Kier alpha value is -1.69.